The van der Waals surface area contributed by atoms with Gasteiger partial charge in [0, 0.05) is 0 Å². The van der Waals surface area contributed by atoms with E-state index in [1.807, 2.05) is 0 Å². The minimum absolute atomic E-state index is 0. The number of benzene rings is 2. The van der Waals surface area contributed by atoms with Crippen molar-refractivity contribution in [2.24, 2.45) is 0 Å². The van der Waals surface area contributed by atoms with Crippen molar-refractivity contribution < 1.29 is 25.9 Å². The molecule has 0 saturated carbocycles. The second kappa shape index (κ2) is 55.0. The molecule has 0 fully saturated rings. The average molecular weight is 1100 g/mol. The summed E-state index contributed by atoms with van der Waals surface area (Å²) in [6.07, 6.45) is 72.0. The topological polar surface area (TPSA) is 114 Å². The van der Waals surface area contributed by atoms with Gasteiger partial charge in [-0.3, -0.25) is 0 Å². The molecule has 2 aromatic carbocycles. The van der Waals surface area contributed by atoms with Crippen LogP contribution in [0.5, 0.6) is 0 Å². The van der Waals surface area contributed by atoms with Crippen molar-refractivity contribution in [3.05, 3.63) is 59.7 Å². The molecule has 2 rings (SSSR count). The number of hydrogen-bond donors (Lipinski definition) is 0. The molecule has 0 unspecified atom stereocenters. The van der Waals surface area contributed by atoms with Crippen LogP contribution in [0.15, 0.2) is 58.3 Å². The first-order valence-electron chi connectivity index (χ1n) is 32.2. The minimum Gasteiger partial charge on any atom is -0.744 e. The monoisotopic (exact) mass is 1090 g/mol. The average Bonchev–Trinajstić information content (AvgIpc) is 3.38. The summed E-state index contributed by atoms with van der Waals surface area (Å²) in [5, 5.41) is 0. The Kier molecular flexibility index (Phi) is 54.2. The Morgan fingerprint density at radius 3 is 0.507 bits per heavy atom. The quantitative estimate of drug-likeness (QED) is 0.0370. The first kappa shape index (κ1) is 74.0. The molecule has 6 nitrogen and oxygen atoms in total. The Balaban J connectivity index is 0.00000144. The second-order valence-corrected chi connectivity index (χ2v) is 25.4. The van der Waals surface area contributed by atoms with Crippen molar-refractivity contribution in [2.75, 3.05) is 0 Å². The van der Waals surface area contributed by atoms with Crippen molar-refractivity contribution in [2.45, 2.75) is 358 Å². The molecular formula is C66H118MgO6S2. The minimum atomic E-state index is -4.33. The van der Waals surface area contributed by atoms with Crippen LogP contribution in [-0.4, -0.2) is 49.0 Å². The molecule has 2 aromatic rings. The maximum absolute atomic E-state index is 11.0. The summed E-state index contributed by atoms with van der Waals surface area (Å²) in [5.74, 6) is 0. The first-order valence-corrected chi connectivity index (χ1v) is 35.0. The van der Waals surface area contributed by atoms with E-state index in [-0.39, 0.29) is 32.8 Å². The van der Waals surface area contributed by atoms with E-state index in [9.17, 15) is 25.9 Å². The van der Waals surface area contributed by atoms with Gasteiger partial charge < -0.3 is 9.11 Å². The third-order valence-electron chi connectivity index (χ3n) is 15.6. The van der Waals surface area contributed by atoms with Gasteiger partial charge in [0.2, 0.25) is 0 Å². The summed E-state index contributed by atoms with van der Waals surface area (Å²) in [4.78, 5) is -0.267. The van der Waals surface area contributed by atoms with Gasteiger partial charge in [0.25, 0.3) is 0 Å². The van der Waals surface area contributed by atoms with Gasteiger partial charge in [-0.25, -0.2) is 16.8 Å². The van der Waals surface area contributed by atoms with Crippen LogP contribution < -0.4 is 0 Å². The summed E-state index contributed by atoms with van der Waals surface area (Å²) >= 11 is 0. The molecule has 432 valence electrons. The van der Waals surface area contributed by atoms with Gasteiger partial charge in [-0.15, -0.1) is 0 Å². The summed E-state index contributed by atoms with van der Waals surface area (Å²) in [6, 6.07) is 12.8. The fourth-order valence-electron chi connectivity index (χ4n) is 10.6. The predicted octanol–water partition coefficient (Wildman–Crippen LogP) is 21.4. The maximum atomic E-state index is 11.0. The molecule has 75 heavy (non-hydrogen) atoms. The fourth-order valence-corrected chi connectivity index (χ4v) is 11.5. The zero-order chi connectivity index (χ0) is 53.7. The Hall–Kier alpha value is -0.974. The molecule has 0 N–H and O–H groups in total. The standard InChI is InChI=1S/2C33H60O3S.Mg/c2*1-2-3-4-5-6-7-8-9-10-11-12-13-14-15-16-17-18-19-20-21-22-23-24-25-26-27-32-28-30-33(31-29-32)37(34,35)36;/h2*28-31H,2-27H2,1H3,(H,34,35,36);/q;;+2/p-2. The molecule has 0 atom stereocenters. The van der Waals surface area contributed by atoms with E-state index in [4.69, 9.17) is 0 Å². The molecule has 0 bridgehead atoms. The number of unbranched alkanes of at least 4 members (excludes halogenated alkanes) is 48. The summed E-state index contributed by atoms with van der Waals surface area (Å²) in [7, 11) is -8.66. The molecule has 0 aliphatic heterocycles. The molecule has 0 amide bonds. The van der Waals surface area contributed by atoms with E-state index in [0.29, 0.717) is 0 Å². The maximum Gasteiger partial charge on any atom is 2.00 e. The van der Waals surface area contributed by atoms with Crippen molar-refractivity contribution in [1.82, 2.24) is 0 Å². The molecule has 0 spiro atoms. The van der Waals surface area contributed by atoms with Crippen molar-refractivity contribution in [1.29, 1.82) is 0 Å². The van der Waals surface area contributed by atoms with Gasteiger partial charge in [-0.05, 0) is 61.1 Å². The van der Waals surface area contributed by atoms with Crippen LogP contribution in [0, 0.1) is 0 Å². The number of hydrogen-bond acceptors (Lipinski definition) is 6. The predicted molar refractivity (Wildman–Crippen MR) is 324 cm³/mol. The van der Waals surface area contributed by atoms with E-state index < -0.39 is 20.2 Å². The van der Waals surface area contributed by atoms with Crippen LogP contribution in [0.1, 0.15) is 346 Å². The summed E-state index contributed by atoms with van der Waals surface area (Å²) in [6.45, 7) is 4.58. The molecule has 9 heteroatoms. The molecule has 0 aliphatic rings. The van der Waals surface area contributed by atoms with Gasteiger partial charge in [0.1, 0.15) is 20.2 Å². The molecular weight excluding hydrogens is 977 g/mol. The van der Waals surface area contributed by atoms with E-state index in [1.54, 1.807) is 24.3 Å². The molecule has 0 saturated heterocycles. The zero-order valence-electron chi connectivity index (χ0n) is 49.4. The first-order chi connectivity index (χ1) is 36.1. The Morgan fingerprint density at radius 1 is 0.240 bits per heavy atom. The Labute approximate surface area is 483 Å². The molecule has 0 aromatic heterocycles. The van der Waals surface area contributed by atoms with Gasteiger partial charge in [0.05, 0.1) is 9.79 Å². The fraction of sp³-hybridized carbons (Fsp3) is 0.818. The van der Waals surface area contributed by atoms with Gasteiger partial charge >= 0.3 is 23.1 Å². The van der Waals surface area contributed by atoms with Crippen molar-refractivity contribution >= 4 is 43.3 Å². The van der Waals surface area contributed by atoms with E-state index >= 15 is 0 Å². The molecule has 0 radical (unpaired) electrons. The van der Waals surface area contributed by atoms with Crippen LogP contribution in [0.25, 0.3) is 0 Å². The van der Waals surface area contributed by atoms with E-state index in [0.717, 1.165) is 36.8 Å². The van der Waals surface area contributed by atoms with Crippen LogP contribution in [0.3, 0.4) is 0 Å². The van der Waals surface area contributed by atoms with E-state index in [1.165, 1.54) is 332 Å². The smallest absolute Gasteiger partial charge is 0.744 e. The second-order valence-electron chi connectivity index (χ2n) is 22.7. The van der Waals surface area contributed by atoms with Gasteiger partial charge in [-0.1, -0.05) is 346 Å². The van der Waals surface area contributed by atoms with Crippen molar-refractivity contribution in [3.63, 3.8) is 0 Å². The number of rotatable bonds is 54. The largest absolute Gasteiger partial charge is 2.00 e. The SMILES string of the molecule is CCCCCCCCCCCCCCCCCCCCCCCCCCCc1ccc(S(=O)(=O)[O-])cc1.CCCCCCCCCCCCCCCCCCCCCCCCCCCc1ccc(S(=O)(=O)[O-])cc1.[Mg+2]. The Morgan fingerprint density at radius 2 is 0.373 bits per heavy atom. The number of aryl methyl sites for hydroxylation is 2. The van der Waals surface area contributed by atoms with Crippen LogP contribution >= 0.6 is 0 Å². The van der Waals surface area contributed by atoms with Crippen molar-refractivity contribution in [3.8, 4) is 0 Å². The van der Waals surface area contributed by atoms with Gasteiger partial charge in [-0.2, -0.15) is 0 Å². The zero-order valence-corrected chi connectivity index (χ0v) is 52.4. The third-order valence-corrected chi connectivity index (χ3v) is 17.3. The molecule has 0 aliphatic carbocycles. The molecule has 0 heterocycles. The Bertz CT molecular complexity index is 1560. The third kappa shape index (κ3) is 51.0. The van der Waals surface area contributed by atoms with E-state index in [2.05, 4.69) is 13.8 Å². The van der Waals surface area contributed by atoms with Crippen LogP contribution in [-0.2, 0) is 33.1 Å². The summed E-state index contributed by atoms with van der Waals surface area (Å²) < 4.78 is 65.8. The summed E-state index contributed by atoms with van der Waals surface area (Å²) in [5.41, 5.74) is 2.22. The van der Waals surface area contributed by atoms with Gasteiger partial charge in [0.15, 0.2) is 0 Å². The van der Waals surface area contributed by atoms with Crippen LogP contribution in [0.4, 0.5) is 0 Å². The van der Waals surface area contributed by atoms with Crippen LogP contribution in [0.2, 0.25) is 0 Å². The normalized spacial score (nSPS) is 11.7.